The highest BCUT2D eigenvalue weighted by Crippen LogP contribution is 2.35. The summed E-state index contributed by atoms with van der Waals surface area (Å²) in [5.74, 6) is -0.340. The molecule has 2 aromatic carbocycles. The van der Waals surface area contributed by atoms with Gasteiger partial charge in [-0.2, -0.15) is 0 Å². The van der Waals surface area contributed by atoms with Gasteiger partial charge in [0, 0.05) is 18.8 Å². The van der Waals surface area contributed by atoms with Gasteiger partial charge >= 0.3 is 0 Å². The van der Waals surface area contributed by atoms with E-state index in [4.69, 9.17) is 9.47 Å². The molecule has 1 saturated heterocycles. The number of nitrogens with one attached hydrogen (secondary N) is 1. The first kappa shape index (κ1) is 16.8. The molecule has 1 fully saturated rings. The standard InChI is InChI=1S/C20H21FN2O3/c1-25-18-9-8-13(11-16(18)21)19-22-17-7-3-2-6-15(17)20(24)23(19)12-14-5-4-10-26-14/h2-3,6-9,11,14,19,22H,4-5,10,12H2,1H3/t14-,19+/m0/s1. The summed E-state index contributed by atoms with van der Waals surface area (Å²) >= 11 is 0. The second kappa shape index (κ2) is 6.96. The van der Waals surface area contributed by atoms with E-state index in [-0.39, 0.29) is 17.8 Å². The van der Waals surface area contributed by atoms with Crippen LogP contribution in [0.1, 0.15) is 34.9 Å². The fraction of sp³-hybridized carbons (Fsp3) is 0.350. The number of fused-ring (bicyclic) bond motifs is 1. The maximum atomic E-state index is 14.2. The van der Waals surface area contributed by atoms with Crippen LogP contribution in [0.15, 0.2) is 42.5 Å². The molecule has 26 heavy (non-hydrogen) atoms. The van der Waals surface area contributed by atoms with Crippen LogP contribution in [-0.2, 0) is 4.74 Å². The van der Waals surface area contributed by atoms with Crippen LogP contribution < -0.4 is 10.1 Å². The highest BCUT2D eigenvalue weighted by Gasteiger charge is 2.35. The molecule has 0 aliphatic carbocycles. The van der Waals surface area contributed by atoms with E-state index in [9.17, 15) is 9.18 Å². The van der Waals surface area contributed by atoms with Gasteiger partial charge in [0.15, 0.2) is 11.6 Å². The monoisotopic (exact) mass is 356 g/mol. The Morgan fingerprint density at radius 2 is 2.15 bits per heavy atom. The van der Waals surface area contributed by atoms with Crippen molar-refractivity contribution >= 4 is 11.6 Å². The predicted octanol–water partition coefficient (Wildman–Crippen LogP) is 3.58. The predicted molar refractivity (Wildman–Crippen MR) is 95.8 cm³/mol. The van der Waals surface area contributed by atoms with E-state index in [1.807, 2.05) is 18.2 Å². The zero-order valence-electron chi connectivity index (χ0n) is 14.6. The van der Waals surface area contributed by atoms with Crippen molar-refractivity contribution in [2.75, 3.05) is 25.6 Å². The van der Waals surface area contributed by atoms with Crippen LogP contribution in [0, 0.1) is 5.82 Å². The molecule has 2 heterocycles. The summed E-state index contributed by atoms with van der Waals surface area (Å²) in [4.78, 5) is 14.8. The number of anilines is 1. The third-order valence-electron chi connectivity index (χ3n) is 4.94. The lowest BCUT2D eigenvalue weighted by atomic mass is 10.0. The fourth-order valence-electron chi connectivity index (χ4n) is 3.60. The van der Waals surface area contributed by atoms with Gasteiger partial charge in [-0.05, 0) is 42.7 Å². The second-order valence-corrected chi connectivity index (χ2v) is 6.58. The summed E-state index contributed by atoms with van der Waals surface area (Å²) in [6.07, 6.45) is 1.48. The van der Waals surface area contributed by atoms with E-state index in [0.717, 1.165) is 25.1 Å². The Bertz CT molecular complexity index is 820. The number of nitrogens with zero attached hydrogens (tertiary/aromatic N) is 1. The quantitative estimate of drug-likeness (QED) is 0.910. The van der Waals surface area contributed by atoms with Gasteiger partial charge in [-0.1, -0.05) is 18.2 Å². The minimum atomic E-state index is -0.456. The molecular weight excluding hydrogens is 335 g/mol. The number of hydrogen-bond donors (Lipinski definition) is 1. The Morgan fingerprint density at radius 1 is 1.31 bits per heavy atom. The molecule has 0 saturated carbocycles. The van der Waals surface area contributed by atoms with E-state index in [0.29, 0.717) is 17.7 Å². The highest BCUT2D eigenvalue weighted by atomic mass is 19.1. The average Bonchev–Trinajstić information content (AvgIpc) is 3.17. The number of rotatable bonds is 4. The van der Waals surface area contributed by atoms with Crippen molar-refractivity contribution in [2.24, 2.45) is 0 Å². The van der Waals surface area contributed by atoms with E-state index < -0.39 is 12.0 Å². The van der Waals surface area contributed by atoms with Gasteiger partial charge in [0.1, 0.15) is 6.17 Å². The molecule has 136 valence electrons. The highest BCUT2D eigenvalue weighted by molar-refractivity contribution is 6.01. The number of halogens is 1. The zero-order chi connectivity index (χ0) is 18.1. The smallest absolute Gasteiger partial charge is 0.257 e. The maximum Gasteiger partial charge on any atom is 0.257 e. The summed E-state index contributed by atoms with van der Waals surface area (Å²) < 4.78 is 25.0. The molecule has 0 bridgehead atoms. The molecule has 5 nitrogen and oxygen atoms in total. The summed E-state index contributed by atoms with van der Waals surface area (Å²) in [5, 5.41) is 3.37. The minimum Gasteiger partial charge on any atom is -0.494 e. The molecule has 2 aromatic rings. The van der Waals surface area contributed by atoms with Gasteiger partial charge < -0.3 is 19.7 Å². The lowest BCUT2D eigenvalue weighted by Gasteiger charge is -2.39. The third-order valence-corrected chi connectivity index (χ3v) is 4.94. The zero-order valence-corrected chi connectivity index (χ0v) is 14.6. The largest absolute Gasteiger partial charge is 0.494 e. The molecule has 0 aromatic heterocycles. The molecule has 2 aliphatic rings. The Hall–Kier alpha value is -2.60. The van der Waals surface area contributed by atoms with Gasteiger partial charge in [0.2, 0.25) is 0 Å². The SMILES string of the molecule is COc1ccc([C@@H]2Nc3ccccc3C(=O)N2C[C@@H]2CCCO2)cc1F. The van der Waals surface area contributed by atoms with Gasteiger partial charge in [-0.15, -0.1) is 0 Å². The van der Waals surface area contributed by atoms with E-state index in [1.165, 1.54) is 13.2 Å². The Labute approximate surface area is 151 Å². The van der Waals surface area contributed by atoms with Gasteiger partial charge in [-0.25, -0.2) is 4.39 Å². The molecule has 0 radical (unpaired) electrons. The molecule has 0 unspecified atom stereocenters. The summed E-state index contributed by atoms with van der Waals surface area (Å²) in [6.45, 7) is 1.19. The van der Waals surface area contributed by atoms with Crippen molar-refractivity contribution in [3.05, 3.63) is 59.4 Å². The molecule has 4 rings (SSSR count). The number of methoxy groups -OCH3 is 1. The molecular formula is C20H21FN2O3. The van der Waals surface area contributed by atoms with Crippen LogP contribution in [0.5, 0.6) is 5.75 Å². The number of para-hydroxylation sites is 1. The number of amides is 1. The van der Waals surface area contributed by atoms with Crippen LogP contribution >= 0.6 is 0 Å². The molecule has 2 atom stereocenters. The summed E-state index contributed by atoms with van der Waals surface area (Å²) in [7, 11) is 1.43. The molecule has 6 heteroatoms. The molecule has 0 spiro atoms. The first-order chi connectivity index (χ1) is 12.7. The van der Waals surface area contributed by atoms with Crippen molar-refractivity contribution in [1.82, 2.24) is 4.90 Å². The maximum absolute atomic E-state index is 14.2. The van der Waals surface area contributed by atoms with Crippen LogP contribution in [-0.4, -0.2) is 37.2 Å². The number of ether oxygens (including phenoxy) is 2. The number of benzene rings is 2. The van der Waals surface area contributed by atoms with Crippen LogP contribution in [0.3, 0.4) is 0 Å². The van der Waals surface area contributed by atoms with Crippen LogP contribution in [0.2, 0.25) is 0 Å². The normalized spacial score (nSPS) is 22.1. The Morgan fingerprint density at radius 3 is 2.88 bits per heavy atom. The average molecular weight is 356 g/mol. The van der Waals surface area contributed by atoms with Crippen molar-refractivity contribution in [2.45, 2.75) is 25.1 Å². The third kappa shape index (κ3) is 3.01. The van der Waals surface area contributed by atoms with Gasteiger partial charge in [-0.3, -0.25) is 4.79 Å². The number of carbonyl (C=O) groups excluding carboxylic acids is 1. The number of carbonyl (C=O) groups is 1. The van der Waals surface area contributed by atoms with Gasteiger partial charge in [0.05, 0.1) is 18.8 Å². The van der Waals surface area contributed by atoms with Crippen molar-refractivity contribution in [3.63, 3.8) is 0 Å². The van der Waals surface area contributed by atoms with E-state index >= 15 is 0 Å². The lowest BCUT2D eigenvalue weighted by molar-refractivity contribution is 0.0426. The second-order valence-electron chi connectivity index (χ2n) is 6.58. The van der Waals surface area contributed by atoms with Gasteiger partial charge in [0.25, 0.3) is 5.91 Å². The van der Waals surface area contributed by atoms with Crippen molar-refractivity contribution in [3.8, 4) is 5.75 Å². The van der Waals surface area contributed by atoms with Crippen molar-refractivity contribution < 1.29 is 18.7 Å². The van der Waals surface area contributed by atoms with Crippen LogP contribution in [0.25, 0.3) is 0 Å². The van der Waals surface area contributed by atoms with Crippen molar-refractivity contribution in [1.29, 1.82) is 0 Å². The topological polar surface area (TPSA) is 50.8 Å². The first-order valence-electron chi connectivity index (χ1n) is 8.79. The van der Waals surface area contributed by atoms with E-state index in [2.05, 4.69) is 5.32 Å². The van der Waals surface area contributed by atoms with Crippen LogP contribution in [0.4, 0.5) is 10.1 Å². The molecule has 1 amide bonds. The number of hydrogen-bond acceptors (Lipinski definition) is 4. The fourth-order valence-corrected chi connectivity index (χ4v) is 3.60. The Balaban J connectivity index is 1.71. The first-order valence-corrected chi connectivity index (χ1v) is 8.79. The summed E-state index contributed by atoms with van der Waals surface area (Å²) in [5.41, 5.74) is 2.04. The lowest BCUT2D eigenvalue weighted by Crippen LogP contribution is -2.46. The Kier molecular flexibility index (Phi) is 4.51. The minimum absolute atomic E-state index is 0.0107. The molecule has 2 aliphatic heterocycles. The molecule has 1 N–H and O–H groups in total. The summed E-state index contributed by atoms with van der Waals surface area (Å²) in [6, 6.07) is 12.2. The van der Waals surface area contributed by atoms with E-state index in [1.54, 1.807) is 23.1 Å².